The lowest BCUT2D eigenvalue weighted by molar-refractivity contribution is -0.880. The fourth-order valence-corrected chi connectivity index (χ4v) is 1.63. The molecule has 0 aliphatic rings. The summed E-state index contributed by atoms with van der Waals surface area (Å²) in [5, 5.41) is 9.35. The van der Waals surface area contributed by atoms with E-state index in [0.717, 1.165) is 13.1 Å². The molecule has 0 fully saturated rings. The second-order valence-corrected chi connectivity index (χ2v) is 4.48. The van der Waals surface area contributed by atoms with Crippen LogP contribution >= 0.6 is 11.6 Å². The van der Waals surface area contributed by atoms with Gasteiger partial charge in [-0.3, -0.25) is 0 Å². The standard InChI is InChI=1S/C13H20ClNO3/c1-15(6-8-16)7-9-17-10-11-18-13-5-3-2-4-12(13)14/h2-5,16H,6-11H2,1H3/p+1. The maximum Gasteiger partial charge on any atom is 0.138 e. The number of halogens is 1. The number of rotatable bonds is 9. The molecule has 1 rings (SSSR count). The van der Waals surface area contributed by atoms with E-state index in [0.29, 0.717) is 30.6 Å². The van der Waals surface area contributed by atoms with Crippen molar-refractivity contribution < 1.29 is 19.5 Å². The Hall–Kier alpha value is -0.810. The number of quaternary nitrogens is 1. The van der Waals surface area contributed by atoms with Crippen LogP contribution in [0.2, 0.25) is 5.02 Å². The van der Waals surface area contributed by atoms with E-state index in [1.165, 1.54) is 4.90 Å². The molecular weight excluding hydrogens is 254 g/mol. The summed E-state index contributed by atoms with van der Waals surface area (Å²) in [6.45, 7) is 3.53. The highest BCUT2D eigenvalue weighted by atomic mass is 35.5. The van der Waals surface area contributed by atoms with Gasteiger partial charge in [0.2, 0.25) is 0 Å². The van der Waals surface area contributed by atoms with Crippen molar-refractivity contribution in [1.82, 2.24) is 0 Å². The van der Waals surface area contributed by atoms with Crippen molar-refractivity contribution in [3.05, 3.63) is 29.3 Å². The molecule has 1 aromatic carbocycles. The van der Waals surface area contributed by atoms with Gasteiger partial charge in [-0.1, -0.05) is 23.7 Å². The Morgan fingerprint density at radius 3 is 2.67 bits per heavy atom. The molecule has 0 saturated carbocycles. The van der Waals surface area contributed by atoms with Crippen molar-refractivity contribution in [1.29, 1.82) is 0 Å². The lowest BCUT2D eigenvalue weighted by atomic mass is 10.3. The van der Waals surface area contributed by atoms with Crippen molar-refractivity contribution in [2.24, 2.45) is 0 Å². The van der Waals surface area contributed by atoms with E-state index in [1.54, 1.807) is 6.07 Å². The highest BCUT2D eigenvalue weighted by Crippen LogP contribution is 2.22. The van der Waals surface area contributed by atoms with Gasteiger partial charge in [0.05, 0.1) is 31.9 Å². The van der Waals surface area contributed by atoms with Crippen LogP contribution in [0.4, 0.5) is 0 Å². The van der Waals surface area contributed by atoms with E-state index in [1.807, 2.05) is 25.2 Å². The fraction of sp³-hybridized carbons (Fsp3) is 0.538. The van der Waals surface area contributed by atoms with Crippen LogP contribution in [0.25, 0.3) is 0 Å². The molecule has 18 heavy (non-hydrogen) atoms. The van der Waals surface area contributed by atoms with Crippen LogP contribution in [0, 0.1) is 0 Å². The minimum absolute atomic E-state index is 0.210. The average molecular weight is 275 g/mol. The molecule has 4 nitrogen and oxygen atoms in total. The normalized spacial score (nSPS) is 12.4. The predicted octanol–water partition coefficient (Wildman–Crippen LogP) is 0.242. The first-order chi connectivity index (χ1) is 8.74. The number of hydrogen-bond donors (Lipinski definition) is 2. The largest absolute Gasteiger partial charge is 0.490 e. The molecular formula is C13H21ClNO3+. The van der Waals surface area contributed by atoms with E-state index >= 15 is 0 Å². The van der Waals surface area contributed by atoms with E-state index < -0.39 is 0 Å². The second-order valence-electron chi connectivity index (χ2n) is 4.07. The number of hydrogen-bond acceptors (Lipinski definition) is 3. The predicted molar refractivity (Wildman–Crippen MR) is 71.5 cm³/mol. The molecule has 0 radical (unpaired) electrons. The van der Waals surface area contributed by atoms with E-state index in [-0.39, 0.29) is 6.61 Å². The van der Waals surface area contributed by atoms with Crippen LogP contribution in [0.5, 0.6) is 5.75 Å². The minimum atomic E-state index is 0.210. The number of benzene rings is 1. The summed E-state index contributed by atoms with van der Waals surface area (Å²) < 4.78 is 10.9. The van der Waals surface area contributed by atoms with Gasteiger partial charge in [-0.2, -0.15) is 0 Å². The molecule has 0 saturated heterocycles. The van der Waals surface area contributed by atoms with Crippen molar-refractivity contribution in [2.45, 2.75) is 0 Å². The zero-order valence-corrected chi connectivity index (χ0v) is 11.4. The molecule has 0 bridgehead atoms. The maximum atomic E-state index is 8.74. The van der Waals surface area contributed by atoms with Gasteiger partial charge in [-0.05, 0) is 12.1 Å². The maximum absolute atomic E-state index is 8.74. The monoisotopic (exact) mass is 274 g/mol. The lowest BCUT2D eigenvalue weighted by Crippen LogP contribution is -3.10. The van der Waals surface area contributed by atoms with E-state index in [9.17, 15) is 0 Å². The van der Waals surface area contributed by atoms with Crippen LogP contribution in [0.1, 0.15) is 0 Å². The fourth-order valence-electron chi connectivity index (χ4n) is 1.44. The topological polar surface area (TPSA) is 43.1 Å². The summed E-state index contributed by atoms with van der Waals surface area (Å²) in [5.74, 6) is 0.686. The quantitative estimate of drug-likeness (QED) is 0.634. The van der Waals surface area contributed by atoms with Crippen LogP contribution < -0.4 is 9.64 Å². The molecule has 1 aromatic rings. The Morgan fingerprint density at radius 2 is 1.94 bits per heavy atom. The van der Waals surface area contributed by atoms with Gasteiger partial charge in [-0.25, -0.2) is 0 Å². The Kier molecular flexibility index (Phi) is 7.76. The summed E-state index contributed by atoms with van der Waals surface area (Å²) in [7, 11) is 2.03. The zero-order valence-electron chi connectivity index (χ0n) is 10.7. The Balaban J connectivity index is 2.04. The van der Waals surface area contributed by atoms with Crippen LogP contribution in [0.3, 0.4) is 0 Å². The first kappa shape index (κ1) is 15.2. The number of para-hydroxylation sites is 1. The molecule has 0 amide bonds. The van der Waals surface area contributed by atoms with Crippen LogP contribution in [-0.2, 0) is 4.74 Å². The highest BCUT2D eigenvalue weighted by molar-refractivity contribution is 6.32. The summed E-state index contributed by atoms with van der Waals surface area (Å²) in [4.78, 5) is 1.25. The smallest absolute Gasteiger partial charge is 0.138 e. The van der Waals surface area contributed by atoms with Crippen molar-refractivity contribution in [3.63, 3.8) is 0 Å². The van der Waals surface area contributed by atoms with Gasteiger partial charge in [0, 0.05) is 0 Å². The third kappa shape index (κ3) is 6.21. The molecule has 0 heterocycles. The molecule has 1 unspecified atom stereocenters. The first-order valence-corrected chi connectivity index (χ1v) is 6.49. The van der Waals surface area contributed by atoms with Crippen molar-refractivity contribution >= 4 is 11.6 Å². The third-order valence-electron chi connectivity index (χ3n) is 2.53. The van der Waals surface area contributed by atoms with Gasteiger partial charge >= 0.3 is 0 Å². The first-order valence-electron chi connectivity index (χ1n) is 6.11. The number of ether oxygens (including phenoxy) is 2. The average Bonchev–Trinajstić information content (AvgIpc) is 2.36. The number of likely N-dealkylation sites (N-methyl/N-ethyl adjacent to an activating group) is 1. The molecule has 0 aromatic heterocycles. The minimum Gasteiger partial charge on any atom is -0.490 e. The second kappa shape index (κ2) is 9.16. The van der Waals surface area contributed by atoms with Crippen LogP contribution in [-0.4, -0.2) is 51.7 Å². The SMILES string of the molecule is C[NH+](CCO)CCOCCOc1ccccc1Cl. The Morgan fingerprint density at radius 1 is 1.17 bits per heavy atom. The van der Waals surface area contributed by atoms with Gasteiger partial charge in [0.25, 0.3) is 0 Å². The summed E-state index contributed by atoms with van der Waals surface area (Å²) in [6, 6.07) is 7.38. The van der Waals surface area contributed by atoms with Gasteiger partial charge in [0.15, 0.2) is 0 Å². The van der Waals surface area contributed by atoms with Crippen molar-refractivity contribution in [3.8, 4) is 5.75 Å². The third-order valence-corrected chi connectivity index (χ3v) is 2.85. The Labute approximate surface area is 113 Å². The zero-order chi connectivity index (χ0) is 13.2. The van der Waals surface area contributed by atoms with Gasteiger partial charge in [-0.15, -0.1) is 0 Å². The molecule has 0 spiro atoms. The molecule has 0 aliphatic carbocycles. The molecule has 0 aliphatic heterocycles. The summed E-state index contributed by atoms with van der Waals surface area (Å²) in [5.41, 5.74) is 0. The van der Waals surface area contributed by atoms with Crippen molar-refractivity contribution in [2.75, 3.05) is 46.6 Å². The summed E-state index contributed by atoms with van der Waals surface area (Å²) in [6.07, 6.45) is 0. The van der Waals surface area contributed by atoms with E-state index in [4.69, 9.17) is 26.2 Å². The Bertz CT molecular complexity index is 336. The molecule has 5 heteroatoms. The van der Waals surface area contributed by atoms with Crippen LogP contribution in [0.15, 0.2) is 24.3 Å². The highest BCUT2D eigenvalue weighted by Gasteiger charge is 2.01. The lowest BCUT2D eigenvalue weighted by Gasteiger charge is -2.12. The molecule has 102 valence electrons. The molecule has 1 atom stereocenters. The number of aliphatic hydroxyl groups excluding tert-OH is 1. The summed E-state index contributed by atoms with van der Waals surface area (Å²) >= 11 is 5.95. The molecule has 2 N–H and O–H groups in total. The van der Waals surface area contributed by atoms with Gasteiger partial charge in [0.1, 0.15) is 25.4 Å². The number of aliphatic hydroxyl groups is 1. The van der Waals surface area contributed by atoms with Gasteiger partial charge < -0.3 is 19.5 Å². The number of nitrogens with one attached hydrogen (secondary N) is 1. The van der Waals surface area contributed by atoms with E-state index in [2.05, 4.69) is 0 Å².